The monoisotopic (exact) mass is 1570 g/mol. The Bertz CT molecular complexity index is 3760. The summed E-state index contributed by atoms with van der Waals surface area (Å²) in [7, 11) is -5.99. The van der Waals surface area contributed by atoms with Crippen LogP contribution in [0.2, 0.25) is 0 Å². The van der Waals surface area contributed by atoms with Crippen LogP contribution in [0.15, 0.2) is 50.1 Å². The third-order valence-electron chi connectivity index (χ3n) is 24.0. The minimum atomic E-state index is -3.00. The highest BCUT2D eigenvalue weighted by atomic mass is 32.2. The van der Waals surface area contributed by atoms with Gasteiger partial charge >= 0.3 is 0 Å². The molecule has 0 spiro atoms. The summed E-state index contributed by atoms with van der Waals surface area (Å²) in [5.74, 6) is 4.37. The molecule has 6 aromatic rings. The topological polar surface area (TPSA) is 195 Å². The molecule has 0 N–H and O–H groups in total. The van der Waals surface area contributed by atoms with Crippen molar-refractivity contribution in [2.45, 2.75) is 353 Å². The van der Waals surface area contributed by atoms with Crippen LogP contribution in [0.3, 0.4) is 0 Å². The molecule has 6 aliphatic heterocycles. The number of likely N-dealkylation sites (tertiary alicyclic amines) is 4. The molecule has 12 heterocycles. The van der Waals surface area contributed by atoms with E-state index in [-0.39, 0.29) is 33.1 Å². The lowest BCUT2D eigenvalue weighted by atomic mass is 9.93. The Morgan fingerprint density at radius 1 is 0.355 bits per heavy atom. The van der Waals surface area contributed by atoms with E-state index in [0.29, 0.717) is 61.4 Å². The highest BCUT2D eigenvalue weighted by molar-refractivity contribution is 7.92. The molecule has 0 amide bonds. The molecular weight excluding hydrogens is 1410 g/mol. The average molecular weight is 1570 g/mol. The number of nitrogens with zero attached hydrogens (tertiary/aromatic N) is 18. The summed E-state index contributed by atoms with van der Waals surface area (Å²) >= 11 is 0. The highest BCUT2D eigenvalue weighted by Crippen LogP contribution is 2.33. The Hall–Kier alpha value is -5.08. The van der Waals surface area contributed by atoms with Crippen LogP contribution in [-0.4, -0.2) is 236 Å². The summed E-state index contributed by atoms with van der Waals surface area (Å²) in [6, 6.07) is 1.50. The molecular formula is C86H154N18O4S2. The van der Waals surface area contributed by atoms with Crippen molar-refractivity contribution < 1.29 is 16.8 Å². The summed E-state index contributed by atoms with van der Waals surface area (Å²) in [6.45, 7) is 76.8. The molecule has 110 heavy (non-hydrogen) atoms. The van der Waals surface area contributed by atoms with Gasteiger partial charge in [0, 0.05) is 160 Å². The first-order chi connectivity index (χ1) is 50.9. The van der Waals surface area contributed by atoms with Crippen LogP contribution in [-0.2, 0) is 58.9 Å². The molecule has 6 atom stereocenters. The maximum absolute atomic E-state index is 12.2. The number of aryl methyl sites for hydroxylation is 10. The van der Waals surface area contributed by atoms with Crippen LogP contribution in [0.5, 0.6) is 0 Å². The minimum absolute atomic E-state index is 0.0129. The molecule has 22 nitrogen and oxygen atoms in total. The van der Waals surface area contributed by atoms with Gasteiger partial charge in [0.2, 0.25) is 0 Å². The van der Waals surface area contributed by atoms with Crippen LogP contribution in [0.25, 0.3) is 0 Å². The molecule has 624 valence electrons. The second-order valence-electron chi connectivity index (χ2n) is 39.2. The summed E-state index contributed by atoms with van der Waals surface area (Å²) in [4.78, 5) is 41.1. The van der Waals surface area contributed by atoms with E-state index < -0.39 is 19.7 Å². The lowest BCUT2D eigenvalue weighted by Gasteiger charge is -2.41. The van der Waals surface area contributed by atoms with Crippen molar-refractivity contribution in [3.8, 4) is 0 Å². The summed E-state index contributed by atoms with van der Waals surface area (Å²) in [5, 5.41) is -0.678. The molecule has 24 heteroatoms. The first-order valence-corrected chi connectivity index (χ1v) is 45.2. The second kappa shape index (κ2) is 38.6. The van der Waals surface area contributed by atoms with Crippen LogP contribution in [0.1, 0.15) is 246 Å². The van der Waals surface area contributed by atoms with Gasteiger partial charge in [-0.05, 0) is 296 Å². The van der Waals surface area contributed by atoms with E-state index in [9.17, 15) is 16.8 Å². The zero-order valence-electron chi connectivity index (χ0n) is 74.4. The Morgan fingerprint density at radius 3 is 0.909 bits per heavy atom. The highest BCUT2D eigenvalue weighted by Gasteiger charge is 2.40. The van der Waals surface area contributed by atoms with Crippen molar-refractivity contribution in [3.05, 3.63) is 107 Å². The lowest BCUT2D eigenvalue weighted by Crippen LogP contribution is -2.54. The van der Waals surface area contributed by atoms with Crippen molar-refractivity contribution in [1.82, 2.24) is 86.7 Å². The molecule has 6 fully saturated rings. The molecule has 0 aromatic carbocycles. The zero-order valence-corrected chi connectivity index (χ0v) is 76.0. The Morgan fingerprint density at radius 2 is 0.645 bits per heavy atom. The predicted octanol–water partition coefficient (Wildman–Crippen LogP) is 14.5. The van der Waals surface area contributed by atoms with Gasteiger partial charge < -0.3 is 27.4 Å². The summed E-state index contributed by atoms with van der Waals surface area (Å²) in [5.41, 5.74) is 10.4. The molecule has 0 bridgehead atoms. The van der Waals surface area contributed by atoms with E-state index in [0.717, 1.165) is 72.9 Å². The van der Waals surface area contributed by atoms with Gasteiger partial charge in [0.05, 0.1) is 81.5 Å². The predicted molar refractivity (Wildman–Crippen MR) is 455 cm³/mol. The average Bonchev–Trinajstić information content (AvgIpc) is 1.65. The number of aromatic nitrogens is 12. The maximum atomic E-state index is 12.2. The van der Waals surface area contributed by atoms with Crippen molar-refractivity contribution in [1.29, 1.82) is 0 Å². The molecule has 0 saturated carbocycles. The molecule has 6 aromatic heterocycles. The van der Waals surface area contributed by atoms with Crippen molar-refractivity contribution in [2.24, 2.45) is 11.8 Å². The van der Waals surface area contributed by atoms with Crippen LogP contribution < -0.4 is 0 Å². The second-order valence-corrected chi connectivity index (χ2v) is 44.0. The fourth-order valence-electron chi connectivity index (χ4n) is 17.1. The molecule has 0 aliphatic carbocycles. The van der Waals surface area contributed by atoms with Crippen molar-refractivity contribution in [2.75, 3.05) is 77.0 Å². The molecule has 0 unspecified atom stereocenters. The SMILES string of the molecule is Cc1cn(CC[C@@H]2CCCN2C(C)(C)C)cn1.Cc1cn(CC[C@H]2CCCN2C(C)(C)C)cn1.Cc1cn(C[C@@H]2CN(C(C)(C)C)CCS2(=O)=O)cn1.Cc1cn(C[C@@H]2CN(C(C)(C)C)CCS2(=O)=O)cn1.Cc1nc(C)n(C[C@@H]2CCCN(C(C)(C)C)C2)c1C.Cc1nc(C)n(C[C@H]2CCCN(C(C)(C)C)C2)c1C. The van der Waals surface area contributed by atoms with E-state index >= 15 is 0 Å². The number of hydrogen-bond donors (Lipinski definition) is 0. The molecule has 0 radical (unpaired) electrons. The van der Waals surface area contributed by atoms with Crippen LogP contribution >= 0.6 is 0 Å². The number of hydrogen-bond acceptors (Lipinski definition) is 16. The van der Waals surface area contributed by atoms with Gasteiger partial charge in [-0.3, -0.25) is 29.4 Å². The molecule has 12 rings (SSSR count). The largest absolute Gasteiger partial charge is 0.337 e. The van der Waals surface area contributed by atoms with E-state index in [2.05, 4.69) is 256 Å². The fraction of sp³-hybridized carbons (Fsp3) is 0.791. The van der Waals surface area contributed by atoms with Crippen LogP contribution in [0, 0.1) is 81.1 Å². The normalized spacial score (nSPS) is 22.9. The number of rotatable bonds is 14. The van der Waals surface area contributed by atoms with Gasteiger partial charge in [-0.2, -0.15) is 0 Å². The Labute approximate surface area is 668 Å². The maximum Gasteiger partial charge on any atom is 0.157 e. The third kappa shape index (κ3) is 27.6. The van der Waals surface area contributed by atoms with Crippen molar-refractivity contribution >= 4 is 19.7 Å². The number of imidazole rings is 6. The van der Waals surface area contributed by atoms with Gasteiger partial charge in [-0.1, -0.05) is 0 Å². The van der Waals surface area contributed by atoms with E-state index in [1.807, 2.05) is 61.9 Å². The van der Waals surface area contributed by atoms with Gasteiger partial charge in [0.25, 0.3) is 0 Å². The Kier molecular flexibility index (Phi) is 32.3. The Balaban J connectivity index is 0.000000184. The standard InChI is InChI=1S/2C16H29N3.2C14H25N3.2C13H23N3O2S/c2*1-12-13(2)19(14(3)17-12)11-15-8-7-9-18(10-15)16(4,5)6;2*1-12-10-16(11-15-12)9-7-13-6-5-8-17(13)14(2,3)4;2*1-11-7-15(10-14-11)8-12-9-16(13(2,3)4)5-6-19(12,17)18/h2*15H,7-11H2,1-6H3;2*10-11,13H,5-9H2,1-4H3;2*7,10,12H,5-6,8-9H2,1-4H3/t2*15-;2*13-;2*12-/m101011/s1. The van der Waals surface area contributed by atoms with E-state index in [1.54, 1.807) is 12.7 Å². The lowest BCUT2D eigenvalue weighted by molar-refractivity contribution is 0.0730. The molecule has 6 aliphatic rings. The number of piperidine rings is 2. The fourth-order valence-corrected chi connectivity index (χ4v) is 20.3. The summed E-state index contributed by atoms with van der Waals surface area (Å²) in [6.07, 6.45) is 28.6. The zero-order chi connectivity index (χ0) is 81.9. The first-order valence-electron chi connectivity index (χ1n) is 41.8. The smallest absolute Gasteiger partial charge is 0.157 e. The van der Waals surface area contributed by atoms with E-state index in [4.69, 9.17) is 0 Å². The van der Waals surface area contributed by atoms with Gasteiger partial charge in [0.1, 0.15) is 11.6 Å². The van der Waals surface area contributed by atoms with Gasteiger partial charge in [0.15, 0.2) is 19.7 Å². The quantitative estimate of drug-likeness (QED) is 0.0998. The third-order valence-corrected chi connectivity index (χ3v) is 28.1. The van der Waals surface area contributed by atoms with Gasteiger partial charge in [-0.25, -0.2) is 46.7 Å². The molecule has 6 saturated heterocycles. The van der Waals surface area contributed by atoms with Crippen molar-refractivity contribution in [3.63, 3.8) is 0 Å². The van der Waals surface area contributed by atoms with Crippen LogP contribution in [0.4, 0.5) is 0 Å². The van der Waals surface area contributed by atoms with E-state index in [1.165, 1.54) is 138 Å². The van der Waals surface area contributed by atoms with Gasteiger partial charge in [-0.15, -0.1) is 0 Å². The minimum Gasteiger partial charge on any atom is -0.337 e. The summed E-state index contributed by atoms with van der Waals surface area (Å²) < 4.78 is 61.8. The number of sulfone groups is 2. The first kappa shape index (κ1) is 92.1.